The molecule has 0 aliphatic carbocycles. The molecule has 0 amide bonds. The first kappa shape index (κ1) is 56.2. The van der Waals surface area contributed by atoms with Crippen molar-refractivity contribution in [3.63, 3.8) is 0 Å². The Kier molecular flexibility index (Phi) is 41.9. The summed E-state index contributed by atoms with van der Waals surface area (Å²) in [5.74, 6) is -1.78. The highest BCUT2D eigenvalue weighted by atomic mass is 31.2. The van der Waals surface area contributed by atoms with Gasteiger partial charge in [-0.25, -0.2) is 4.57 Å². The van der Waals surface area contributed by atoms with Crippen molar-refractivity contribution in [1.29, 1.82) is 0 Å². The van der Waals surface area contributed by atoms with Gasteiger partial charge in [-0.15, -0.1) is 0 Å². The molecular formula is C47H88NO9P. The highest BCUT2D eigenvalue weighted by molar-refractivity contribution is 7.47. The van der Waals surface area contributed by atoms with Gasteiger partial charge in [0.15, 0.2) is 0 Å². The molecule has 0 aromatic heterocycles. The third-order valence-electron chi connectivity index (χ3n) is 10.1. The minimum absolute atomic E-state index is 0.0123. The number of phosphoric ester groups is 1. The first-order valence-corrected chi connectivity index (χ1v) is 25.0. The van der Waals surface area contributed by atoms with Gasteiger partial charge in [0.1, 0.15) is 12.1 Å². The number of aliphatic carboxylic acids is 1. The summed E-state index contributed by atoms with van der Waals surface area (Å²) < 4.78 is 33.4. The Labute approximate surface area is 355 Å². The molecule has 0 saturated carbocycles. The molecular weight excluding hydrogens is 753 g/mol. The SMILES string of the molecule is CCCCCC/C=C\C/C=C\CCCCCCCCCCOCC(COP(=O)(O)OCC(N)C(=O)O)OC(=O)CCCCCCCCC/C=C\CCCCCCCC. The molecule has 3 unspecified atom stereocenters. The number of hydrogen-bond donors (Lipinski definition) is 3. The van der Waals surface area contributed by atoms with Gasteiger partial charge >= 0.3 is 19.8 Å². The molecule has 4 N–H and O–H groups in total. The lowest BCUT2D eigenvalue weighted by atomic mass is 10.1. The molecule has 0 bridgehead atoms. The van der Waals surface area contributed by atoms with Gasteiger partial charge in [-0.1, -0.05) is 172 Å². The number of nitrogens with two attached hydrogens (primary N) is 1. The van der Waals surface area contributed by atoms with Gasteiger partial charge in [0.25, 0.3) is 0 Å². The number of allylic oxidation sites excluding steroid dienone is 6. The average molecular weight is 842 g/mol. The topological polar surface area (TPSA) is 155 Å². The molecule has 10 nitrogen and oxygen atoms in total. The van der Waals surface area contributed by atoms with Crippen molar-refractivity contribution in [2.45, 2.75) is 225 Å². The summed E-state index contributed by atoms with van der Waals surface area (Å²) in [5.41, 5.74) is 5.36. The normalized spacial score (nSPS) is 14.1. The van der Waals surface area contributed by atoms with Crippen molar-refractivity contribution >= 4 is 19.8 Å². The summed E-state index contributed by atoms with van der Waals surface area (Å²) in [6.45, 7) is 3.86. The fourth-order valence-corrected chi connectivity index (χ4v) is 7.23. The van der Waals surface area contributed by atoms with E-state index in [4.69, 9.17) is 29.4 Å². The van der Waals surface area contributed by atoms with E-state index >= 15 is 0 Å². The first-order valence-electron chi connectivity index (χ1n) is 23.5. The Morgan fingerprint density at radius 1 is 0.552 bits per heavy atom. The summed E-state index contributed by atoms with van der Waals surface area (Å²) in [7, 11) is -4.62. The fourth-order valence-electron chi connectivity index (χ4n) is 6.45. The minimum Gasteiger partial charge on any atom is -0.480 e. The highest BCUT2D eigenvalue weighted by Gasteiger charge is 2.27. The molecule has 0 rings (SSSR count). The van der Waals surface area contributed by atoms with Gasteiger partial charge in [-0.2, -0.15) is 0 Å². The number of carbonyl (C=O) groups is 2. The number of phosphoric acid groups is 1. The molecule has 58 heavy (non-hydrogen) atoms. The Balaban J connectivity index is 4.20. The Morgan fingerprint density at radius 2 is 0.948 bits per heavy atom. The van der Waals surface area contributed by atoms with Crippen molar-refractivity contribution in [1.82, 2.24) is 0 Å². The van der Waals surface area contributed by atoms with Crippen LogP contribution in [0.3, 0.4) is 0 Å². The van der Waals surface area contributed by atoms with Crippen LogP contribution in [0.2, 0.25) is 0 Å². The predicted octanol–water partition coefficient (Wildman–Crippen LogP) is 13.3. The van der Waals surface area contributed by atoms with Crippen LogP contribution in [0.4, 0.5) is 0 Å². The predicted molar refractivity (Wildman–Crippen MR) is 240 cm³/mol. The number of carboxylic acid groups (broad SMARTS) is 1. The number of hydrogen-bond acceptors (Lipinski definition) is 8. The van der Waals surface area contributed by atoms with E-state index in [9.17, 15) is 19.0 Å². The van der Waals surface area contributed by atoms with Crippen molar-refractivity contribution in [2.24, 2.45) is 5.73 Å². The molecule has 0 aliphatic heterocycles. The van der Waals surface area contributed by atoms with Crippen molar-refractivity contribution in [2.75, 3.05) is 26.4 Å². The standard InChI is InChI=1S/C47H88NO9P/c1-3-5-7-9-11-13-15-17-19-21-22-24-26-28-30-32-34-36-38-40-54-41-44(42-55-58(52,53)56-43-45(48)47(50)51)57-46(49)39-37-35-33-31-29-27-25-23-20-18-16-14-12-10-8-6-4-2/h13,15,18-21,44-45H,3-12,14,16-17,22-43,48H2,1-2H3,(H,50,51)(H,52,53)/b15-13-,20-18-,21-19-. The van der Waals surface area contributed by atoms with Crippen LogP contribution < -0.4 is 5.73 Å². The molecule has 11 heteroatoms. The molecule has 0 aromatic carbocycles. The van der Waals surface area contributed by atoms with Gasteiger partial charge < -0.3 is 25.2 Å². The third-order valence-corrected chi connectivity index (χ3v) is 11.1. The molecule has 0 aromatic rings. The number of esters is 1. The van der Waals surface area contributed by atoms with Crippen LogP contribution in [0.25, 0.3) is 0 Å². The van der Waals surface area contributed by atoms with E-state index in [2.05, 4.69) is 50.3 Å². The molecule has 3 atom stereocenters. The van der Waals surface area contributed by atoms with E-state index in [1.807, 2.05) is 0 Å². The summed E-state index contributed by atoms with van der Waals surface area (Å²) in [5, 5.41) is 8.91. The zero-order chi connectivity index (χ0) is 42.6. The summed E-state index contributed by atoms with van der Waals surface area (Å²) in [6.07, 6.45) is 49.0. The van der Waals surface area contributed by atoms with Crippen LogP contribution in [-0.4, -0.2) is 60.5 Å². The van der Waals surface area contributed by atoms with Crippen LogP contribution in [0.5, 0.6) is 0 Å². The van der Waals surface area contributed by atoms with Crippen molar-refractivity contribution in [3.8, 4) is 0 Å². The minimum atomic E-state index is -4.62. The van der Waals surface area contributed by atoms with Gasteiger partial charge in [0, 0.05) is 13.0 Å². The zero-order valence-corrected chi connectivity index (χ0v) is 38.0. The van der Waals surface area contributed by atoms with Crippen LogP contribution >= 0.6 is 7.82 Å². The molecule has 0 heterocycles. The zero-order valence-electron chi connectivity index (χ0n) is 37.1. The quantitative estimate of drug-likeness (QED) is 0.0233. The second-order valence-corrected chi connectivity index (χ2v) is 17.3. The number of unbranched alkanes of at least 4 members (excludes halogenated alkanes) is 25. The number of carboxylic acids is 1. The van der Waals surface area contributed by atoms with E-state index in [0.29, 0.717) is 13.0 Å². The Bertz CT molecular complexity index is 1070. The molecule has 0 spiro atoms. The van der Waals surface area contributed by atoms with Crippen molar-refractivity contribution < 1.29 is 42.7 Å². The van der Waals surface area contributed by atoms with Gasteiger partial charge in [-0.05, 0) is 70.6 Å². The second kappa shape index (κ2) is 43.3. The van der Waals surface area contributed by atoms with Crippen LogP contribution in [-0.2, 0) is 32.7 Å². The molecule has 340 valence electrons. The maximum absolute atomic E-state index is 12.7. The lowest BCUT2D eigenvalue weighted by Gasteiger charge is -2.20. The molecule has 0 fully saturated rings. The summed E-state index contributed by atoms with van der Waals surface area (Å²) in [6, 6.07) is -1.47. The number of rotatable bonds is 45. The second-order valence-electron chi connectivity index (χ2n) is 15.9. The highest BCUT2D eigenvalue weighted by Crippen LogP contribution is 2.43. The summed E-state index contributed by atoms with van der Waals surface area (Å²) >= 11 is 0. The monoisotopic (exact) mass is 842 g/mol. The van der Waals surface area contributed by atoms with E-state index in [1.54, 1.807) is 0 Å². The van der Waals surface area contributed by atoms with Gasteiger partial charge in [-0.3, -0.25) is 18.6 Å². The first-order chi connectivity index (χ1) is 28.2. The lowest BCUT2D eigenvalue weighted by molar-refractivity contribution is -0.154. The molecule has 0 saturated heterocycles. The Hall–Kier alpha value is -1.81. The van der Waals surface area contributed by atoms with E-state index in [1.165, 1.54) is 128 Å². The number of ether oxygens (including phenoxy) is 2. The van der Waals surface area contributed by atoms with Crippen molar-refractivity contribution in [3.05, 3.63) is 36.5 Å². The van der Waals surface area contributed by atoms with Crippen LogP contribution in [0.1, 0.15) is 213 Å². The maximum atomic E-state index is 12.7. The van der Waals surface area contributed by atoms with E-state index in [0.717, 1.165) is 57.8 Å². The molecule has 0 radical (unpaired) electrons. The van der Waals surface area contributed by atoms with Crippen LogP contribution in [0, 0.1) is 0 Å². The van der Waals surface area contributed by atoms with Crippen LogP contribution in [0.15, 0.2) is 36.5 Å². The number of carbonyl (C=O) groups excluding carboxylic acids is 1. The average Bonchev–Trinajstić information content (AvgIpc) is 3.20. The smallest absolute Gasteiger partial charge is 0.472 e. The Morgan fingerprint density at radius 3 is 1.43 bits per heavy atom. The molecule has 0 aliphatic rings. The van der Waals surface area contributed by atoms with E-state index < -0.39 is 45.1 Å². The maximum Gasteiger partial charge on any atom is 0.472 e. The third kappa shape index (κ3) is 42.3. The summed E-state index contributed by atoms with van der Waals surface area (Å²) in [4.78, 5) is 33.6. The largest absolute Gasteiger partial charge is 0.480 e. The van der Waals surface area contributed by atoms with Gasteiger partial charge in [0.05, 0.1) is 19.8 Å². The lowest BCUT2D eigenvalue weighted by Crippen LogP contribution is -2.34. The fraction of sp³-hybridized carbons (Fsp3) is 0.830. The van der Waals surface area contributed by atoms with E-state index in [-0.39, 0.29) is 13.0 Å². The van der Waals surface area contributed by atoms with Gasteiger partial charge in [0.2, 0.25) is 0 Å².